The van der Waals surface area contributed by atoms with E-state index in [4.69, 9.17) is 18.5 Å². The van der Waals surface area contributed by atoms with Crippen molar-refractivity contribution >= 4 is 13.5 Å². The normalized spacial score (nSPS) is 19.9. The van der Waals surface area contributed by atoms with Crippen molar-refractivity contribution in [2.75, 3.05) is 39.6 Å². The van der Waals surface area contributed by atoms with E-state index in [1.807, 2.05) is 29.2 Å². The van der Waals surface area contributed by atoms with Crippen LogP contribution >= 0.6 is 7.60 Å². The van der Waals surface area contributed by atoms with Gasteiger partial charge in [0.25, 0.3) is 0 Å². The van der Waals surface area contributed by atoms with Gasteiger partial charge in [0, 0.05) is 25.4 Å². The van der Waals surface area contributed by atoms with Gasteiger partial charge < -0.3 is 23.4 Å². The molecule has 1 aliphatic heterocycles. The minimum Gasteiger partial charge on any atom is -0.493 e. The molecule has 0 radical (unpaired) electrons. The second kappa shape index (κ2) is 11.9. The van der Waals surface area contributed by atoms with Gasteiger partial charge >= 0.3 is 7.60 Å². The quantitative estimate of drug-likeness (QED) is 0.314. The number of methoxy groups -OCH3 is 1. The number of hydrogen-bond acceptors (Lipinski definition) is 6. The van der Waals surface area contributed by atoms with Crippen molar-refractivity contribution in [3.63, 3.8) is 0 Å². The molecule has 8 heteroatoms. The topological polar surface area (TPSA) is 74.3 Å². The molecule has 0 aromatic heterocycles. The average molecular weight is 466 g/mol. The first-order chi connectivity index (χ1) is 15.5. The maximum atomic E-state index is 12.6. The van der Waals surface area contributed by atoms with Gasteiger partial charge in [-0.3, -0.25) is 9.36 Å². The number of benzene rings is 1. The zero-order chi connectivity index (χ0) is 23.0. The van der Waals surface area contributed by atoms with Crippen LogP contribution < -0.4 is 9.47 Å². The molecular weight excluding hydrogens is 429 g/mol. The van der Waals surface area contributed by atoms with Gasteiger partial charge in [0.05, 0.1) is 32.6 Å². The van der Waals surface area contributed by atoms with Crippen molar-refractivity contribution in [1.29, 1.82) is 0 Å². The summed E-state index contributed by atoms with van der Waals surface area (Å²) in [5, 5.41) is 0. The van der Waals surface area contributed by atoms with Crippen LogP contribution in [0.3, 0.4) is 0 Å². The number of hydrogen-bond donors (Lipinski definition) is 0. The first kappa shape index (κ1) is 24.8. The molecule has 1 unspecified atom stereocenters. The minimum atomic E-state index is -3.10. The van der Waals surface area contributed by atoms with Gasteiger partial charge in [-0.2, -0.15) is 0 Å². The minimum absolute atomic E-state index is 0.116. The monoisotopic (exact) mass is 465 g/mol. The molecule has 1 aromatic carbocycles. The van der Waals surface area contributed by atoms with Gasteiger partial charge in [0.2, 0.25) is 5.91 Å². The zero-order valence-electron chi connectivity index (χ0n) is 19.5. The van der Waals surface area contributed by atoms with Crippen LogP contribution in [-0.2, 0) is 18.4 Å². The zero-order valence-corrected chi connectivity index (χ0v) is 20.4. The van der Waals surface area contributed by atoms with Gasteiger partial charge in [-0.15, -0.1) is 0 Å². The average Bonchev–Trinajstić information content (AvgIpc) is 3.41. The maximum absolute atomic E-state index is 12.6. The largest absolute Gasteiger partial charge is 0.493 e. The molecule has 1 heterocycles. The van der Waals surface area contributed by atoms with Crippen LogP contribution in [0.25, 0.3) is 0 Å². The van der Waals surface area contributed by atoms with Crippen LogP contribution in [0.15, 0.2) is 30.4 Å². The van der Waals surface area contributed by atoms with E-state index < -0.39 is 7.60 Å². The van der Waals surface area contributed by atoms with Crippen molar-refractivity contribution in [1.82, 2.24) is 4.90 Å². The Kier molecular flexibility index (Phi) is 9.21. The molecule has 1 atom stereocenters. The SMILES string of the molecule is CCOP(=O)(C/C=C/CN1CC(c2ccc(OC)c(OC3CCCC3)c2)CC1=O)OCC. The Morgan fingerprint density at radius 3 is 2.47 bits per heavy atom. The lowest BCUT2D eigenvalue weighted by molar-refractivity contribution is -0.127. The Labute approximate surface area is 191 Å². The molecule has 1 aromatic rings. The fourth-order valence-electron chi connectivity index (χ4n) is 4.34. The number of carbonyl (C=O) groups excluding carboxylic acids is 1. The number of ether oxygens (including phenoxy) is 2. The molecule has 0 N–H and O–H groups in total. The number of allylic oxidation sites excluding steroid dienone is 1. The molecule has 1 saturated heterocycles. The van der Waals surface area contributed by atoms with Crippen LogP contribution in [0.5, 0.6) is 11.5 Å². The Bertz CT molecular complexity index is 826. The summed E-state index contributed by atoms with van der Waals surface area (Å²) in [6, 6.07) is 6.00. The smallest absolute Gasteiger partial charge is 0.334 e. The van der Waals surface area contributed by atoms with E-state index in [1.54, 1.807) is 27.0 Å². The van der Waals surface area contributed by atoms with E-state index in [-0.39, 0.29) is 24.1 Å². The van der Waals surface area contributed by atoms with E-state index in [2.05, 4.69) is 0 Å². The van der Waals surface area contributed by atoms with Crippen LogP contribution in [0.1, 0.15) is 57.4 Å². The lowest BCUT2D eigenvalue weighted by Crippen LogP contribution is -2.25. The third-order valence-electron chi connectivity index (χ3n) is 5.94. The van der Waals surface area contributed by atoms with Crippen molar-refractivity contribution in [2.24, 2.45) is 0 Å². The summed E-state index contributed by atoms with van der Waals surface area (Å²) < 4.78 is 34.8. The third kappa shape index (κ3) is 6.60. The molecule has 1 amide bonds. The van der Waals surface area contributed by atoms with Crippen molar-refractivity contribution in [2.45, 2.75) is 58.0 Å². The summed E-state index contributed by atoms with van der Waals surface area (Å²) in [5.74, 6) is 1.74. The molecule has 2 aliphatic rings. The summed E-state index contributed by atoms with van der Waals surface area (Å²) in [5.41, 5.74) is 1.09. The van der Waals surface area contributed by atoms with Crippen molar-refractivity contribution in [3.05, 3.63) is 35.9 Å². The van der Waals surface area contributed by atoms with Gasteiger partial charge in [0.1, 0.15) is 0 Å². The van der Waals surface area contributed by atoms with E-state index in [9.17, 15) is 9.36 Å². The first-order valence-electron chi connectivity index (χ1n) is 11.6. The number of carbonyl (C=O) groups is 1. The molecule has 7 nitrogen and oxygen atoms in total. The molecule has 2 fully saturated rings. The van der Waals surface area contributed by atoms with Crippen LogP contribution in [0.4, 0.5) is 0 Å². The van der Waals surface area contributed by atoms with Gasteiger partial charge in [-0.25, -0.2) is 0 Å². The first-order valence-corrected chi connectivity index (χ1v) is 13.4. The lowest BCUT2D eigenvalue weighted by atomic mass is 9.98. The number of nitrogens with zero attached hydrogens (tertiary/aromatic N) is 1. The molecule has 1 aliphatic carbocycles. The third-order valence-corrected chi connectivity index (χ3v) is 7.90. The van der Waals surface area contributed by atoms with Gasteiger partial charge in [0.15, 0.2) is 11.5 Å². The molecule has 3 rings (SSSR count). The standard InChI is InChI=1S/C24H36NO6P/c1-4-29-32(27,30-5-2)15-9-8-14-25-18-20(17-24(25)26)19-12-13-22(28-3)23(16-19)31-21-10-6-7-11-21/h8-9,12-13,16,20-21H,4-7,10-11,14-15,17-18H2,1-3H3/b9-8+. The molecule has 32 heavy (non-hydrogen) atoms. The van der Waals surface area contributed by atoms with E-state index >= 15 is 0 Å². The molecule has 0 spiro atoms. The summed E-state index contributed by atoms with van der Waals surface area (Å²) in [6.07, 6.45) is 9.15. The molecule has 178 valence electrons. The Morgan fingerprint density at radius 2 is 1.81 bits per heavy atom. The molecular formula is C24H36NO6P. The highest BCUT2D eigenvalue weighted by Crippen LogP contribution is 2.47. The second-order valence-corrected chi connectivity index (χ2v) is 10.3. The van der Waals surface area contributed by atoms with Crippen molar-refractivity contribution in [3.8, 4) is 11.5 Å². The highest BCUT2D eigenvalue weighted by molar-refractivity contribution is 7.54. The van der Waals surface area contributed by atoms with Crippen LogP contribution in [-0.4, -0.2) is 56.5 Å². The fraction of sp³-hybridized carbons (Fsp3) is 0.625. The van der Waals surface area contributed by atoms with E-state index in [0.29, 0.717) is 32.7 Å². The summed E-state index contributed by atoms with van der Waals surface area (Å²) in [4.78, 5) is 14.4. The Balaban J connectivity index is 1.59. The number of rotatable bonds is 12. The van der Waals surface area contributed by atoms with Crippen molar-refractivity contribution < 1.29 is 27.9 Å². The Hall–Kier alpha value is -1.82. The summed E-state index contributed by atoms with van der Waals surface area (Å²) >= 11 is 0. The number of amides is 1. The van der Waals surface area contributed by atoms with E-state index in [1.165, 1.54) is 12.8 Å². The molecule has 1 saturated carbocycles. The Morgan fingerprint density at radius 1 is 1.09 bits per heavy atom. The predicted molar refractivity (Wildman–Crippen MR) is 125 cm³/mol. The number of likely N-dealkylation sites (tertiary alicyclic amines) is 1. The van der Waals surface area contributed by atoms with Crippen LogP contribution in [0, 0.1) is 0 Å². The van der Waals surface area contributed by atoms with E-state index in [0.717, 1.165) is 29.9 Å². The van der Waals surface area contributed by atoms with Gasteiger partial charge in [-0.1, -0.05) is 18.2 Å². The molecule has 0 bridgehead atoms. The lowest BCUT2D eigenvalue weighted by Gasteiger charge is -2.19. The van der Waals surface area contributed by atoms with Crippen LogP contribution in [0.2, 0.25) is 0 Å². The highest BCUT2D eigenvalue weighted by atomic mass is 31.2. The summed E-state index contributed by atoms with van der Waals surface area (Å²) in [6.45, 7) is 5.39. The predicted octanol–water partition coefficient (Wildman–Crippen LogP) is 5.15. The maximum Gasteiger partial charge on any atom is 0.334 e. The van der Waals surface area contributed by atoms with Gasteiger partial charge in [-0.05, 0) is 57.2 Å². The fourth-order valence-corrected chi connectivity index (χ4v) is 5.82. The second-order valence-electron chi connectivity index (χ2n) is 8.23. The highest BCUT2D eigenvalue weighted by Gasteiger charge is 2.31. The summed E-state index contributed by atoms with van der Waals surface area (Å²) in [7, 11) is -1.45.